The van der Waals surface area contributed by atoms with Gasteiger partial charge in [-0.25, -0.2) is 8.42 Å². The molecule has 2 atom stereocenters. The Morgan fingerprint density at radius 3 is 2.27 bits per heavy atom. The van der Waals surface area contributed by atoms with Crippen LogP contribution in [0.2, 0.25) is 0 Å². The van der Waals surface area contributed by atoms with Crippen LogP contribution in [0.1, 0.15) is 51.5 Å². The van der Waals surface area contributed by atoms with Gasteiger partial charge in [-0.3, -0.25) is 9.59 Å². The molecule has 0 bridgehead atoms. The number of hydrogen-bond donors (Lipinski definition) is 2. The molecule has 0 unspecified atom stereocenters. The van der Waals surface area contributed by atoms with Crippen molar-refractivity contribution in [3.05, 3.63) is 35.9 Å². The van der Waals surface area contributed by atoms with Gasteiger partial charge in [-0.15, -0.1) is 0 Å². The van der Waals surface area contributed by atoms with Crippen LogP contribution in [-0.2, 0) is 25.8 Å². The summed E-state index contributed by atoms with van der Waals surface area (Å²) in [5, 5.41) is 5.83. The van der Waals surface area contributed by atoms with Crippen LogP contribution >= 0.6 is 0 Å². The molecule has 1 heterocycles. The number of carbonyl (C=O) groups excluding carboxylic acids is 2. The molecule has 0 aromatic heterocycles. The summed E-state index contributed by atoms with van der Waals surface area (Å²) < 4.78 is 23.4. The van der Waals surface area contributed by atoms with Gasteiger partial charge in [0.2, 0.25) is 11.8 Å². The zero-order chi connectivity index (χ0) is 21.7. The quantitative estimate of drug-likeness (QED) is 0.690. The summed E-state index contributed by atoms with van der Waals surface area (Å²) in [4.78, 5) is 25.9. The molecule has 1 saturated carbocycles. The van der Waals surface area contributed by atoms with Gasteiger partial charge < -0.3 is 10.6 Å². The van der Waals surface area contributed by atoms with E-state index < -0.39 is 15.9 Å². The van der Waals surface area contributed by atoms with Crippen molar-refractivity contribution in [1.29, 1.82) is 0 Å². The summed E-state index contributed by atoms with van der Waals surface area (Å²) in [5.41, 5.74) is 0.959. The van der Waals surface area contributed by atoms with Gasteiger partial charge in [0, 0.05) is 18.4 Å². The Morgan fingerprint density at radius 2 is 1.70 bits per heavy atom. The molecular formula is C23H34N2O4S. The zero-order valence-corrected chi connectivity index (χ0v) is 18.8. The van der Waals surface area contributed by atoms with Crippen molar-refractivity contribution in [2.45, 2.75) is 64.5 Å². The monoisotopic (exact) mass is 434 g/mol. The summed E-state index contributed by atoms with van der Waals surface area (Å²) in [7, 11) is -3.08. The van der Waals surface area contributed by atoms with Gasteiger partial charge in [0.25, 0.3) is 0 Å². The standard InChI is InChI=1S/C23H34N2O4S/c1-16(2)18-8-10-19(11-9-18)22(26)25-21(14-17-6-4-3-5-7-17)23(27)24-20-12-13-30(28,29)15-20/h3-7,16,18-21H,8-15H2,1-2H3,(H,24,27)(H,25,26)/t18?,19?,20-,21-/m0/s1. The van der Waals surface area contributed by atoms with E-state index in [0.29, 0.717) is 24.7 Å². The van der Waals surface area contributed by atoms with Crippen molar-refractivity contribution in [3.63, 3.8) is 0 Å². The average molecular weight is 435 g/mol. The lowest BCUT2D eigenvalue weighted by molar-refractivity contribution is -0.132. The van der Waals surface area contributed by atoms with E-state index in [4.69, 9.17) is 0 Å². The molecule has 30 heavy (non-hydrogen) atoms. The Bertz CT molecular complexity index is 830. The molecule has 1 aliphatic carbocycles. The maximum Gasteiger partial charge on any atom is 0.243 e. The molecule has 1 saturated heterocycles. The maximum atomic E-state index is 13.0. The molecule has 1 aliphatic heterocycles. The molecule has 166 valence electrons. The van der Waals surface area contributed by atoms with Gasteiger partial charge in [0.1, 0.15) is 6.04 Å². The van der Waals surface area contributed by atoms with Gasteiger partial charge in [0.15, 0.2) is 9.84 Å². The number of carbonyl (C=O) groups is 2. The average Bonchev–Trinajstić information content (AvgIpc) is 3.06. The predicted molar refractivity (Wildman–Crippen MR) is 118 cm³/mol. The van der Waals surface area contributed by atoms with Crippen molar-refractivity contribution in [2.75, 3.05) is 11.5 Å². The van der Waals surface area contributed by atoms with Crippen LogP contribution < -0.4 is 10.6 Å². The highest BCUT2D eigenvalue weighted by atomic mass is 32.2. The molecule has 0 radical (unpaired) electrons. The van der Waals surface area contributed by atoms with E-state index in [1.807, 2.05) is 30.3 Å². The second-order valence-electron chi connectivity index (χ2n) is 9.22. The van der Waals surface area contributed by atoms with E-state index in [1.54, 1.807) is 0 Å². The van der Waals surface area contributed by atoms with E-state index in [9.17, 15) is 18.0 Å². The van der Waals surface area contributed by atoms with Gasteiger partial charge in [-0.1, -0.05) is 44.2 Å². The smallest absolute Gasteiger partial charge is 0.243 e. The van der Waals surface area contributed by atoms with Crippen LogP contribution in [0.25, 0.3) is 0 Å². The third kappa shape index (κ3) is 6.30. The number of hydrogen-bond acceptors (Lipinski definition) is 4. The number of sulfone groups is 1. The Hall–Kier alpha value is -1.89. The fraction of sp³-hybridized carbons (Fsp3) is 0.652. The van der Waals surface area contributed by atoms with Crippen molar-refractivity contribution in [1.82, 2.24) is 10.6 Å². The van der Waals surface area contributed by atoms with E-state index in [1.165, 1.54) is 0 Å². The molecular weight excluding hydrogens is 400 g/mol. The van der Waals surface area contributed by atoms with Crippen LogP contribution in [0.5, 0.6) is 0 Å². The Morgan fingerprint density at radius 1 is 1.03 bits per heavy atom. The first-order valence-corrected chi connectivity index (χ1v) is 12.9. The Balaban J connectivity index is 1.63. The lowest BCUT2D eigenvalue weighted by Crippen LogP contribution is -2.52. The first-order valence-electron chi connectivity index (χ1n) is 11.1. The summed E-state index contributed by atoms with van der Waals surface area (Å²) in [5.74, 6) is 0.960. The van der Waals surface area contributed by atoms with Gasteiger partial charge in [0.05, 0.1) is 11.5 Å². The van der Waals surface area contributed by atoms with Gasteiger partial charge in [-0.2, -0.15) is 0 Å². The molecule has 0 spiro atoms. The second kappa shape index (κ2) is 9.94. The maximum absolute atomic E-state index is 13.0. The number of nitrogens with one attached hydrogen (secondary N) is 2. The van der Waals surface area contributed by atoms with Crippen LogP contribution in [0.4, 0.5) is 0 Å². The highest BCUT2D eigenvalue weighted by molar-refractivity contribution is 7.91. The first kappa shape index (κ1) is 22.8. The van der Waals surface area contributed by atoms with Crippen LogP contribution in [0, 0.1) is 17.8 Å². The molecule has 2 fully saturated rings. The highest BCUT2D eigenvalue weighted by Crippen LogP contribution is 2.33. The molecule has 2 N–H and O–H groups in total. The Labute approximate surface area is 180 Å². The number of rotatable bonds is 7. The molecule has 3 rings (SSSR count). The number of benzene rings is 1. The van der Waals surface area contributed by atoms with E-state index >= 15 is 0 Å². The van der Waals surface area contributed by atoms with Crippen molar-refractivity contribution in [2.24, 2.45) is 17.8 Å². The normalized spacial score (nSPS) is 26.8. The second-order valence-corrected chi connectivity index (χ2v) is 11.4. The molecule has 1 aromatic carbocycles. The van der Waals surface area contributed by atoms with Crippen molar-refractivity contribution in [3.8, 4) is 0 Å². The zero-order valence-electron chi connectivity index (χ0n) is 18.0. The largest absolute Gasteiger partial charge is 0.351 e. The van der Waals surface area contributed by atoms with Crippen molar-refractivity contribution < 1.29 is 18.0 Å². The third-order valence-electron chi connectivity index (χ3n) is 6.58. The van der Waals surface area contributed by atoms with E-state index in [2.05, 4.69) is 24.5 Å². The van der Waals surface area contributed by atoms with Gasteiger partial charge in [-0.05, 0) is 49.5 Å². The van der Waals surface area contributed by atoms with E-state index in [-0.39, 0.29) is 35.3 Å². The van der Waals surface area contributed by atoms with Gasteiger partial charge >= 0.3 is 0 Å². The minimum absolute atomic E-state index is 0.0239. The molecule has 1 aromatic rings. The molecule has 2 amide bonds. The minimum Gasteiger partial charge on any atom is -0.351 e. The number of amides is 2. The SMILES string of the molecule is CC(C)C1CCC(C(=O)N[C@@H](Cc2ccccc2)C(=O)N[C@H]2CCS(=O)(=O)C2)CC1. The summed E-state index contributed by atoms with van der Waals surface area (Å²) in [6, 6.07) is 8.50. The molecule has 6 nitrogen and oxygen atoms in total. The predicted octanol–water partition coefficient (Wildman–Crippen LogP) is 2.48. The first-order chi connectivity index (χ1) is 14.2. The molecule has 2 aliphatic rings. The lowest BCUT2D eigenvalue weighted by Gasteiger charge is -2.31. The fourth-order valence-corrected chi connectivity index (χ4v) is 6.28. The summed E-state index contributed by atoms with van der Waals surface area (Å²) in [6.07, 6.45) is 4.62. The third-order valence-corrected chi connectivity index (χ3v) is 8.35. The van der Waals surface area contributed by atoms with Crippen LogP contribution in [0.3, 0.4) is 0 Å². The molecule has 7 heteroatoms. The summed E-state index contributed by atoms with van der Waals surface area (Å²) in [6.45, 7) is 4.46. The van der Waals surface area contributed by atoms with E-state index in [0.717, 1.165) is 31.2 Å². The fourth-order valence-electron chi connectivity index (χ4n) is 4.61. The topological polar surface area (TPSA) is 92.3 Å². The lowest BCUT2D eigenvalue weighted by atomic mass is 9.76. The van der Waals surface area contributed by atoms with Crippen LogP contribution in [0.15, 0.2) is 30.3 Å². The minimum atomic E-state index is -3.08. The summed E-state index contributed by atoms with van der Waals surface area (Å²) >= 11 is 0. The van der Waals surface area contributed by atoms with Crippen molar-refractivity contribution >= 4 is 21.7 Å². The highest BCUT2D eigenvalue weighted by Gasteiger charge is 2.33. The Kier molecular flexibility index (Phi) is 7.55. The van der Waals surface area contributed by atoms with Crippen LogP contribution in [-0.4, -0.2) is 43.8 Å².